The first-order valence-corrected chi connectivity index (χ1v) is 8.83. The minimum Gasteiger partial charge on any atom is -0.357 e. The van der Waals surface area contributed by atoms with Crippen LogP contribution in [0.3, 0.4) is 0 Å². The number of hydrogen-bond acceptors (Lipinski definition) is 4. The van der Waals surface area contributed by atoms with Crippen LogP contribution in [0.25, 0.3) is 0 Å². The lowest BCUT2D eigenvalue weighted by atomic mass is 9.97. The summed E-state index contributed by atoms with van der Waals surface area (Å²) in [6.07, 6.45) is 3.74. The first kappa shape index (κ1) is 18.3. The van der Waals surface area contributed by atoms with Gasteiger partial charge in [-0.2, -0.15) is 0 Å². The maximum absolute atomic E-state index is 12.3. The first-order chi connectivity index (χ1) is 11.5. The summed E-state index contributed by atoms with van der Waals surface area (Å²) in [6, 6.07) is 1.50. The number of amides is 1. The molecule has 7 nitrogen and oxygen atoms in total. The fraction of sp³-hybridized carbons (Fsp3) is 0.706. The van der Waals surface area contributed by atoms with E-state index in [1.165, 1.54) is 13.1 Å². The van der Waals surface area contributed by atoms with Crippen LogP contribution in [0.15, 0.2) is 15.7 Å². The molecule has 0 aromatic carbocycles. The van der Waals surface area contributed by atoms with Gasteiger partial charge in [0.25, 0.3) is 5.56 Å². The molecule has 134 valence electrons. The molecule has 1 aliphatic rings. The molecule has 7 heteroatoms. The Kier molecular flexibility index (Phi) is 6.23. The number of carbonyl (C=O) groups is 1. The molecule has 0 radical (unpaired) electrons. The summed E-state index contributed by atoms with van der Waals surface area (Å²) in [6.45, 7) is 6.47. The molecule has 0 unspecified atom stereocenters. The molecule has 1 amide bonds. The lowest BCUT2D eigenvalue weighted by molar-refractivity contribution is -0.125. The van der Waals surface area contributed by atoms with E-state index in [0.717, 1.165) is 36.8 Å². The summed E-state index contributed by atoms with van der Waals surface area (Å²) in [5.74, 6) is 0.596. The summed E-state index contributed by atoms with van der Waals surface area (Å²) in [5, 5.41) is 2.99. The Morgan fingerprint density at radius 2 is 2.08 bits per heavy atom. The Hall–Kier alpha value is -2.05. The van der Waals surface area contributed by atoms with Gasteiger partial charge < -0.3 is 10.2 Å². The normalized spacial score (nSPS) is 17.8. The zero-order valence-electron chi connectivity index (χ0n) is 14.9. The highest BCUT2D eigenvalue weighted by atomic mass is 16.2. The Morgan fingerprint density at radius 3 is 2.75 bits per heavy atom. The van der Waals surface area contributed by atoms with Crippen molar-refractivity contribution >= 4 is 11.7 Å². The predicted octanol–water partition coefficient (Wildman–Crippen LogP) is 0.700. The third-order valence-corrected chi connectivity index (χ3v) is 4.64. The van der Waals surface area contributed by atoms with Gasteiger partial charge in [0.15, 0.2) is 0 Å². The second-order valence-corrected chi connectivity index (χ2v) is 6.36. The summed E-state index contributed by atoms with van der Waals surface area (Å²) in [5.41, 5.74) is -0.622. The van der Waals surface area contributed by atoms with Crippen molar-refractivity contribution in [3.63, 3.8) is 0 Å². The van der Waals surface area contributed by atoms with Crippen molar-refractivity contribution in [2.24, 2.45) is 13.0 Å². The van der Waals surface area contributed by atoms with Crippen molar-refractivity contribution in [2.75, 3.05) is 24.5 Å². The first-order valence-electron chi connectivity index (χ1n) is 8.83. The van der Waals surface area contributed by atoms with Gasteiger partial charge in [-0.05, 0) is 26.2 Å². The van der Waals surface area contributed by atoms with Crippen molar-refractivity contribution < 1.29 is 4.79 Å². The van der Waals surface area contributed by atoms with E-state index in [4.69, 9.17) is 0 Å². The highest BCUT2D eigenvalue weighted by Gasteiger charge is 2.27. The van der Waals surface area contributed by atoms with E-state index in [9.17, 15) is 14.4 Å². The van der Waals surface area contributed by atoms with Crippen LogP contribution in [-0.2, 0) is 18.4 Å². The zero-order valence-corrected chi connectivity index (χ0v) is 14.9. The van der Waals surface area contributed by atoms with Crippen molar-refractivity contribution in [3.8, 4) is 0 Å². The molecule has 1 atom stereocenters. The number of rotatable bonds is 6. The summed E-state index contributed by atoms with van der Waals surface area (Å²) in [7, 11) is 1.49. The Labute approximate surface area is 142 Å². The largest absolute Gasteiger partial charge is 0.357 e. The van der Waals surface area contributed by atoms with Crippen LogP contribution >= 0.6 is 0 Å². The van der Waals surface area contributed by atoms with E-state index < -0.39 is 0 Å². The number of nitrogens with zero attached hydrogens (tertiary/aromatic N) is 3. The van der Waals surface area contributed by atoms with E-state index in [2.05, 4.69) is 12.2 Å². The molecule has 0 bridgehead atoms. The fourth-order valence-corrected chi connectivity index (χ4v) is 3.15. The molecule has 0 spiro atoms. The Morgan fingerprint density at radius 1 is 1.33 bits per heavy atom. The number of piperidine rings is 1. The van der Waals surface area contributed by atoms with Gasteiger partial charge in [0.05, 0.1) is 5.92 Å². The second-order valence-electron chi connectivity index (χ2n) is 6.36. The average Bonchev–Trinajstić information content (AvgIpc) is 2.59. The maximum atomic E-state index is 12.3. The molecule has 0 saturated carbocycles. The van der Waals surface area contributed by atoms with Crippen LogP contribution in [0.4, 0.5) is 5.82 Å². The van der Waals surface area contributed by atoms with Gasteiger partial charge in [0.1, 0.15) is 5.82 Å². The molecule has 2 heterocycles. The van der Waals surface area contributed by atoms with E-state index >= 15 is 0 Å². The highest BCUT2D eigenvalue weighted by Crippen LogP contribution is 2.21. The van der Waals surface area contributed by atoms with Gasteiger partial charge in [-0.15, -0.1) is 0 Å². The van der Waals surface area contributed by atoms with Gasteiger partial charge in [0, 0.05) is 39.3 Å². The van der Waals surface area contributed by atoms with Crippen LogP contribution in [0.1, 0.15) is 39.5 Å². The Bertz CT molecular complexity index is 692. The van der Waals surface area contributed by atoms with Crippen LogP contribution in [-0.4, -0.2) is 34.7 Å². The third kappa shape index (κ3) is 3.88. The SMILES string of the molecule is CCCCNC(=O)[C@@H]1CCCN(c2cc(=O)n(C)c(=O)n2CC)C1. The minimum atomic E-state index is -0.311. The van der Waals surface area contributed by atoms with Crippen molar-refractivity contribution in [1.82, 2.24) is 14.5 Å². The fourth-order valence-electron chi connectivity index (χ4n) is 3.15. The monoisotopic (exact) mass is 336 g/mol. The van der Waals surface area contributed by atoms with Gasteiger partial charge >= 0.3 is 5.69 Å². The summed E-state index contributed by atoms with van der Waals surface area (Å²) >= 11 is 0. The second kappa shape index (κ2) is 8.17. The quantitative estimate of drug-likeness (QED) is 0.776. The molecule has 2 rings (SSSR count). The number of carbonyl (C=O) groups excluding carboxylic acids is 1. The number of aromatic nitrogens is 2. The van der Waals surface area contributed by atoms with Crippen molar-refractivity contribution in [1.29, 1.82) is 0 Å². The average molecular weight is 336 g/mol. The molecular formula is C17H28N4O3. The van der Waals surface area contributed by atoms with E-state index in [-0.39, 0.29) is 23.1 Å². The molecule has 1 aromatic heterocycles. The molecule has 1 aliphatic heterocycles. The number of anilines is 1. The molecule has 0 aliphatic carbocycles. The smallest absolute Gasteiger partial charge is 0.332 e. The van der Waals surface area contributed by atoms with Crippen LogP contribution in [0.2, 0.25) is 0 Å². The van der Waals surface area contributed by atoms with Gasteiger partial charge in [0.2, 0.25) is 5.91 Å². The standard InChI is InChI=1S/C17H28N4O3/c1-4-6-9-18-16(23)13-8-7-10-20(12-13)14-11-15(22)19(3)17(24)21(14)5-2/h11,13H,4-10,12H2,1-3H3,(H,18,23)/t13-/m1/s1. The lowest BCUT2D eigenvalue weighted by Gasteiger charge is -2.34. The number of hydrogen-bond donors (Lipinski definition) is 1. The molecule has 1 N–H and O–H groups in total. The van der Waals surface area contributed by atoms with Crippen LogP contribution in [0.5, 0.6) is 0 Å². The third-order valence-electron chi connectivity index (χ3n) is 4.64. The van der Waals surface area contributed by atoms with Crippen molar-refractivity contribution in [3.05, 3.63) is 26.9 Å². The zero-order chi connectivity index (χ0) is 17.7. The molecular weight excluding hydrogens is 308 g/mol. The van der Waals surface area contributed by atoms with Gasteiger partial charge in [-0.1, -0.05) is 13.3 Å². The molecule has 1 aromatic rings. The van der Waals surface area contributed by atoms with Crippen LogP contribution in [0, 0.1) is 5.92 Å². The highest BCUT2D eigenvalue weighted by molar-refractivity contribution is 5.79. The van der Waals surface area contributed by atoms with Crippen molar-refractivity contribution in [2.45, 2.75) is 46.1 Å². The lowest BCUT2D eigenvalue weighted by Crippen LogP contribution is -2.47. The topological polar surface area (TPSA) is 76.3 Å². The minimum absolute atomic E-state index is 0.0716. The van der Waals surface area contributed by atoms with Gasteiger partial charge in [-0.3, -0.25) is 18.7 Å². The van der Waals surface area contributed by atoms with E-state index in [0.29, 0.717) is 25.5 Å². The van der Waals surface area contributed by atoms with Gasteiger partial charge in [-0.25, -0.2) is 4.79 Å². The number of nitrogens with one attached hydrogen (secondary N) is 1. The molecule has 1 saturated heterocycles. The molecule has 1 fully saturated rings. The molecule has 24 heavy (non-hydrogen) atoms. The van der Waals surface area contributed by atoms with E-state index in [1.54, 1.807) is 4.57 Å². The maximum Gasteiger partial charge on any atom is 0.332 e. The van der Waals surface area contributed by atoms with E-state index in [1.807, 2.05) is 11.8 Å². The number of unbranched alkanes of at least 4 members (excludes halogenated alkanes) is 1. The summed E-state index contributed by atoms with van der Waals surface area (Å²) in [4.78, 5) is 38.6. The Balaban J connectivity index is 2.19. The van der Waals surface area contributed by atoms with Crippen LogP contribution < -0.4 is 21.5 Å². The predicted molar refractivity (Wildman–Crippen MR) is 94.5 cm³/mol. The summed E-state index contributed by atoms with van der Waals surface area (Å²) < 4.78 is 2.71.